The Hall–Kier alpha value is -0.520. The van der Waals surface area contributed by atoms with Crippen LogP contribution >= 0.6 is 0 Å². The van der Waals surface area contributed by atoms with E-state index in [2.05, 4.69) is 25.2 Å². The monoisotopic (exact) mass is 148 g/mol. The number of hydrogen-bond donors (Lipinski definition) is 0. The van der Waals surface area contributed by atoms with E-state index in [0.717, 1.165) is 11.8 Å². The molecule has 0 aliphatic heterocycles. The summed E-state index contributed by atoms with van der Waals surface area (Å²) < 4.78 is 0. The fraction of sp³-hybridized carbons (Fsp3) is 0.636. The van der Waals surface area contributed by atoms with Gasteiger partial charge < -0.3 is 0 Å². The van der Waals surface area contributed by atoms with Gasteiger partial charge in [-0.1, -0.05) is 23.8 Å². The molecule has 2 aliphatic carbocycles. The highest BCUT2D eigenvalue weighted by Crippen LogP contribution is 2.35. The van der Waals surface area contributed by atoms with Crippen LogP contribution in [0.2, 0.25) is 0 Å². The summed E-state index contributed by atoms with van der Waals surface area (Å²) in [7, 11) is 0. The van der Waals surface area contributed by atoms with E-state index in [1.165, 1.54) is 25.7 Å². The topological polar surface area (TPSA) is 0 Å². The highest BCUT2D eigenvalue weighted by molar-refractivity contribution is 5.11. The van der Waals surface area contributed by atoms with Gasteiger partial charge in [-0.3, -0.25) is 0 Å². The SMILES string of the molecule is CC1=CC2CC=CCC2CC1. The van der Waals surface area contributed by atoms with E-state index >= 15 is 0 Å². The van der Waals surface area contributed by atoms with Crippen LogP contribution < -0.4 is 0 Å². The number of fused-ring (bicyclic) bond motifs is 1. The minimum Gasteiger partial charge on any atom is -0.0882 e. The van der Waals surface area contributed by atoms with Crippen molar-refractivity contribution in [1.29, 1.82) is 0 Å². The normalized spacial score (nSPS) is 36.3. The molecule has 2 atom stereocenters. The third kappa shape index (κ3) is 1.40. The van der Waals surface area contributed by atoms with Gasteiger partial charge in [-0.25, -0.2) is 0 Å². The lowest BCUT2D eigenvalue weighted by Crippen LogP contribution is -2.18. The zero-order valence-electron chi connectivity index (χ0n) is 7.22. The van der Waals surface area contributed by atoms with E-state index in [9.17, 15) is 0 Å². The van der Waals surface area contributed by atoms with Gasteiger partial charge in [0.05, 0.1) is 0 Å². The molecule has 2 unspecified atom stereocenters. The molecule has 0 nitrogen and oxygen atoms in total. The van der Waals surface area contributed by atoms with Crippen molar-refractivity contribution in [2.75, 3.05) is 0 Å². The van der Waals surface area contributed by atoms with Crippen LogP contribution in [0, 0.1) is 11.8 Å². The van der Waals surface area contributed by atoms with Crippen molar-refractivity contribution in [3.63, 3.8) is 0 Å². The van der Waals surface area contributed by atoms with E-state index in [1.54, 1.807) is 5.57 Å². The predicted molar refractivity (Wildman–Crippen MR) is 48.3 cm³/mol. The van der Waals surface area contributed by atoms with Gasteiger partial charge in [0.1, 0.15) is 0 Å². The molecule has 0 aromatic rings. The summed E-state index contributed by atoms with van der Waals surface area (Å²) in [5, 5.41) is 0. The fourth-order valence-corrected chi connectivity index (χ4v) is 2.29. The molecule has 0 saturated carbocycles. The second-order valence-electron chi connectivity index (χ2n) is 3.92. The smallest absolute Gasteiger partial charge is 0.0165 e. The molecule has 2 rings (SSSR count). The summed E-state index contributed by atoms with van der Waals surface area (Å²) in [4.78, 5) is 0. The third-order valence-corrected chi connectivity index (χ3v) is 3.03. The highest BCUT2D eigenvalue weighted by Gasteiger charge is 2.23. The van der Waals surface area contributed by atoms with Gasteiger partial charge in [0.15, 0.2) is 0 Å². The lowest BCUT2D eigenvalue weighted by atomic mass is 9.75. The Morgan fingerprint density at radius 1 is 1.27 bits per heavy atom. The van der Waals surface area contributed by atoms with Gasteiger partial charge in [-0.15, -0.1) is 0 Å². The van der Waals surface area contributed by atoms with Crippen LogP contribution in [0.3, 0.4) is 0 Å². The highest BCUT2D eigenvalue weighted by atomic mass is 14.3. The second-order valence-corrected chi connectivity index (χ2v) is 3.92. The van der Waals surface area contributed by atoms with Crippen molar-refractivity contribution in [2.24, 2.45) is 11.8 Å². The average molecular weight is 148 g/mol. The van der Waals surface area contributed by atoms with Crippen LogP contribution in [0.4, 0.5) is 0 Å². The van der Waals surface area contributed by atoms with Crippen molar-refractivity contribution in [3.8, 4) is 0 Å². The van der Waals surface area contributed by atoms with E-state index in [-0.39, 0.29) is 0 Å². The van der Waals surface area contributed by atoms with Gasteiger partial charge in [0, 0.05) is 0 Å². The molecule has 0 N–H and O–H groups in total. The molecule has 60 valence electrons. The van der Waals surface area contributed by atoms with Crippen LogP contribution in [-0.4, -0.2) is 0 Å². The lowest BCUT2D eigenvalue weighted by molar-refractivity contribution is 0.342. The Morgan fingerprint density at radius 2 is 2.09 bits per heavy atom. The van der Waals surface area contributed by atoms with E-state index < -0.39 is 0 Å². The van der Waals surface area contributed by atoms with E-state index in [4.69, 9.17) is 0 Å². The molecular formula is C11H16. The number of rotatable bonds is 0. The molecule has 0 heterocycles. The number of hydrogen-bond acceptors (Lipinski definition) is 0. The molecule has 0 radical (unpaired) electrons. The first-order valence-corrected chi connectivity index (χ1v) is 4.68. The van der Waals surface area contributed by atoms with Crippen LogP contribution in [0.1, 0.15) is 32.6 Å². The maximum Gasteiger partial charge on any atom is -0.0165 e. The van der Waals surface area contributed by atoms with E-state index in [1.807, 2.05) is 0 Å². The van der Waals surface area contributed by atoms with Crippen molar-refractivity contribution in [1.82, 2.24) is 0 Å². The van der Waals surface area contributed by atoms with Gasteiger partial charge in [-0.05, 0) is 44.4 Å². The van der Waals surface area contributed by atoms with Crippen molar-refractivity contribution >= 4 is 0 Å². The number of allylic oxidation sites excluding steroid dienone is 4. The summed E-state index contributed by atoms with van der Waals surface area (Å²) >= 11 is 0. The summed E-state index contributed by atoms with van der Waals surface area (Å²) in [6.45, 7) is 2.27. The second kappa shape index (κ2) is 2.84. The summed E-state index contributed by atoms with van der Waals surface area (Å²) in [5.74, 6) is 1.86. The molecule has 0 fully saturated rings. The van der Waals surface area contributed by atoms with E-state index in [0.29, 0.717) is 0 Å². The molecule has 0 aromatic heterocycles. The third-order valence-electron chi connectivity index (χ3n) is 3.03. The zero-order valence-corrected chi connectivity index (χ0v) is 7.22. The van der Waals surface area contributed by atoms with Crippen molar-refractivity contribution in [3.05, 3.63) is 23.8 Å². The first-order chi connectivity index (χ1) is 5.36. The maximum atomic E-state index is 2.50. The van der Waals surface area contributed by atoms with Crippen LogP contribution in [0.25, 0.3) is 0 Å². The van der Waals surface area contributed by atoms with Crippen LogP contribution in [-0.2, 0) is 0 Å². The zero-order chi connectivity index (χ0) is 7.68. The average Bonchev–Trinajstić information content (AvgIpc) is 2.04. The van der Waals surface area contributed by atoms with Gasteiger partial charge in [-0.2, -0.15) is 0 Å². The molecule has 0 saturated heterocycles. The predicted octanol–water partition coefficient (Wildman–Crippen LogP) is 3.31. The Kier molecular flexibility index (Phi) is 1.85. The molecule has 2 aliphatic rings. The van der Waals surface area contributed by atoms with Gasteiger partial charge in [0.2, 0.25) is 0 Å². The molecular weight excluding hydrogens is 132 g/mol. The summed E-state index contributed by atoms with van der Waals surface area (Å²) in [6, 6.07) is 0. The standard InChI is InChI=1S/C11H16/c1-9-6-7-10-4-2-3-5-11(10)8-9/h2-3,8,10-11H,4-7H2,1H3. The summed E-state index contributed by atoms with van der Waals surface area (Å²) in [5.41, 5.74) is 1.61. The largest absolute Gasteiger partial charge is 0.0882 e. The minimum atomic E-state index is 0.883. The Labute approximate surface area is 69.0 Å². The minimum absolute atomic E-state index is 0.883. The van der Waals surface area contributed by atoms with Crippen LogP contribution in [0.15, 0.2) is 23.8 Å². The quantitative estimate of drug-likeness (QED) is 0.462. The lowest BCUT2D eigenvalue weighted by Gasteiger charge is -2.30. The molecule has 0 heteroatoms. The molecule has 11 heavy (non-hydrogen) atoms. The van der Waals surface area contributed by atoms with Gasteiger partial charge >= 0.3 is 0 Å². The Balaban J connectivity index is 2.14. The first-order valence-electron chi connectivity index (χ1n) is 4.68. The van der Waals surface area contributed by atoms with Gasteiger partial charge in [0.25, 0.3) is 0 Å². The van der Waals surface area contributed by atoms with Crippen LogP contribution in [0.5, 0.6) is 0 Å². The van der Waals surface area contributed by atoms with Crippen molar-refractivity contribution in [2.45, 2.75) is 32.6 Å². The maximum absolute atomic E-state index is 2.50. The van der Waals surface area contributed by atoms with Crippen molar-refractivity contribution < 1.29 is 0 Å². The molecule has 0 bridgehead atoms. The first kappa shape index (κ1) is 7.15. The molecule has 0 spiro atoms. The summed E-state index contributed by atoms with van der Waals surface area (Å²) in [6.07, 6.45) is 12.6. The Bertz CT molecular complexity index is 198. The fourth-order valence-electron chi connectivity index (χ4n) is 2.29. The Morgan fingerprint density at radius 3 is 3.00 bits per heavy atom. The molecule has 0 aromatic carbocycles. The molecule has 0 amide bonds.